The molecule has 1 fully saturated rings. The van der Waals surface area contributed by atoms with Crippen LogP contribution in [-0.4, -0.2) is 35.8 Å². The molecule has 3 aromatic rings. The smallest absolute Gasteiger partial charge is 0.266 e. The van der Waals surface area contributed by atoms with Gasteiger partial charge >= 0.3 is 0 Å². The van der Waals surface area contributed by atoms with E-state index in [-0.39, 0.29) is 11.4 Å². The van der Waals surface area contributed by atoms with Crippen molar-refractivity contribution in [1.29, 1.82) is 0 Å². The summed E-state index contributed by atoms with van der Waals surface area (Å²) in [5.41, 5.74) is 2.21. The number of sulfonamides is 1. The monoisotopic (exact) mass is 447 g/mol. The minimum absolute atomic E-state index is 0.0244. The van der Waals surface area contributed by atoms with Gasteiger partial charge in [-0.1, -0.05) is 30.4 Å². The van der Waals surface area contributed by atoms with Gasteiger partial charge in [-0.05, 0) is 55.2 Å². The second-order valence-corrected chi connectivity index (χ2v) is 10.1. The number of carbonyl (C=O) groups excluding carboxylic acids is 1. The summed E-state index contributed by atoms with van der Waals surface area (Å²) in [7, 11) is -2.04. The number of benzene rings is 2. The number of fused-ring (bicyclic) bond motifs is 1. The molecule has 0 N–H and O–H groups in total. The van der Waals surface area contributed by atoms with E-state index < -0.39 is 27.8 Å². The molecule has 1 aromatic heterocycles. The van der Waals surface area contributed by atoms with Gasteiger partial charge in [0.15, 0.2) is 4.80 Å². The second-order valence-electron chi connectivity index (χ2n) is 7.24. The van der Waals surface area contributed by atoms with Crippen LogP contribution in [0.4, 0.5) is 4.39 Å². The third-order valence-corrected chi connectivity index (χ3v) is 8.42. The highest BCUT2D eigenvalue weighted by Gasteiger charge is 2.39. The van der Waals surface area contributed by atoms with Gasteiger partial charge in [0, 0.05) is 13.6 Å². The molecule has 30 heavy (non-hydrogen) atoms. The van der Waals surface area contributed by atoms with Gasteiger partial charge in [0.25, 0.3) is 5.91 Å². The molecule has 4 rings (SSSR count). The first kappa shape index (κ1) is 20.9. The molecule has 6 nitrogen and oxygen atoms in total. The molecular weight excluding hydrogens is 425 g/mol. The van der Waals surface area contributed by atoms with Gasteiger partial charge in [-0.25, -0.2) is 12.8 Å². The minimum Gasteiger partial charge on any atom is -0.319 e. The van der Waals surface area contributed by atoms with Crippen molar-refractivity contribution in [2.45, 2.75) is 37.1 Å². The van der Waals surface area contributed by atoms with Crippen molar-refractivity contribution in [2.24, 2.45) is 12.0 Å². The summed E-state index contributed by atoms with van der Waals surface area (Å²) in [5, 5.41) is 0. The maximum Gasteiger partial charge on any atom is 0.266 e. The van der Waals surface area contributed by atoms with E-state index in [4.69, 9.17) is 0 Å². The number of nitrogens with zero attached hydrogens (tertiary/aromatic N) is 3. The number of amides is 1. The van der Waals surface area contributed by atoms with Crippen LogP contribution >= 0.6 is 11.3 Å². The van der Waals surface area contributed by atoms with Crippen molar-refractivity contribution < 1.29 is 17.6 Å². The van der Waals surface area contributed by atoms with E-state index in [0.717, 1.165) is 28.8 Å². The zero-order chi connectivity index (χ0) is 21.5. The Bertz CT molecular complexity index is 1280. The lowest BCUT2D eigenvalue weighted by Gasteiger charge is -2.21. The molecule has 0 radical (unpaired) electrons. The lowest BCUT2D eigenvalue weighted by molar-refractivity contribution is -0.121. The normalized spacial score (nSPS) is 18.4. The van der Waals surface area contributed by atoms with Crippen molar-refractivity contribution in [1.82, 2.24) is 8.87 Å². The van der Waals surface area contributed by atoms with Gasteiger partial charge in [0.2, 0.25) is 10.0 Å². The third kappa shape index (κ3) is 3.61. The highest BCUT2D eigenvalue weighted by molar-refractivity contribution is 7.89. The first-order valence-corrected chi connectivity index (χ1v) is 12.0. The zero-order valence-electron chi connectivity index (χ0n) is 16.7. The van der Waals surface area contributed by atoms with Crippen LogP contribution in [0, 0.1) is 5.82 Å². The van der Waals surface area contributed by atoms with Crippen molar-refractivity contribution in [3.63, 3.8) is 0 Å². The van der Waals surface area contributed by atoms with Crippen LogP contribution in [0.5, 0.6) is 0 Å². The summed E-state index contributed by atoms with van der Waals surface area (Å²) in [5.74, 6) is -0.986. The number of halogens is 1. The number of thiazole rings is 1. The molecule has 1 amide bonds. The Morgan fingerprint density at radius 1 is 1.23 bits per heavy atom. The summed E-state index contributed by atoms with van der Waals surface area (Å²) >= 11 is 1.41. The first-order chi connectivity index (χ1) is 14.3. The average molecular weight is 448 g/mol. The highest BCUT2D eigenvalue weighted by Crippen LogP contribution is 2.27. The number of hydrogen-bond donors (Lipinski definition) is 0. The molecule has 9 heteroatoms. The summed E-state index contributed by atoms with van der Waals surface area (Å²) in [4.78, 5) is 17.8. The molecule has 2 heterocycles. The summed E-state index contributed by atoms with van der Waals surface area (Å²) in [6.45, 7) is 2.31. The number of hydrogen-bond acceptors (Lipinski definition) is 4. The standard InChI is InChI=1S/C21H22FN3O3S2/c1-3-14-6-4-8-18-19(14)24(2)21(29-18)23-20(26)17-7-5-13-25(17)30(27,28)16-11-9-15(22)10-12-16/h4,6,8-12,17H,3,5,7,13H2,1-2H3. The fourth-order valence-corrected chi connectivity index (χ4v) is 6.58. The van der Waals surface area contributed by atoms with E-state index in [2.05, 4.69) is 18.0 Å². The topological polar surface area (TPSA) is 71.7 Å². The van der Waals surface area contributed by atoms with E-state index in [9.17, 15) is 17.6 Å². The Hall–Kier alpha value is -2.36. The van der Waals surface area contributed by atoms with Gasteiger partial charge < -0.3 is 4.57 Å². The lowest BCUT2D eigenvalue weighted by atomic mass is 10.1. The van der Waals surface area contributed by atoms with Crippen molar-refractivity contribution in [3.8, 4) is 0 Å². The van der Waals surface area contributed by atoms with E-state index in [1.54, 1.807) is 0 Å². The second kappa shape index (κ2) is 8.05. The van der Waals surface area contributed by atoms with Crippen molar-refractivity contribution in [2.75, 3.05) is 6.54 Å². The van der Waals surface area contributed by atoms with Crippen LogP contribution < -0.4 is 4.80 Å². The summed E-state index contributed by atoms with van der Waals surface area (Å²) in [6.07, 6.45) is 1.85. The van der Waals surface area contributed by atoms with Crippen LogP contribution in [0.1, 0.15) is 25.3 Å². The Kier molecular flexibility index (Phi) is 5.61. The van der Waals surface area contributed by atoms with E-state index in [1.165, 1.54) is 33.3 Å². The van der Waals surface area contributed by atoms with Crippen LogP contribution in [0.2, 0.25) is 0 Å². The molecular formula is C21H22FN3O3S2. The Morgan fingerprint density at radius 3 is 2.67 bits per heavy atom. The molecule has 1 unspecified atom stereocenters. The van der Waals surface area contributed by atoms with Gasteiger partial charge in [-0.2, -0.15) is 9.30 Å². The molecule has 0 bridgehead atoms. The molecule has 1 atom stereocenters. The molecule has 158 valence electrons. The highest BCUT2D eigenvalue weighted by atomic mass is 32.2. The van der Waals surface area contributed by atoms with E-state index in [1.807, 2.05) is 23.7 Å². The molecule has 1 saturated heterocycles. The van der Waals surface area contributed by atoms with Gasteiger partial charge in [0.1, 0.15) is 11.9 Å². The molecule has 0 spiro atoms. The van der Waals surface area contributed by atoms with Crippen LogP contribution in [0.25, 0.3) is 10.2 Å². The number of carbonyl (C=O) groups is 1. The van der Waals surface area contributed by atoms with Gasteiger partial charge in [0.05, 0.1) is 15.1 Å². The summed E-state index contributed by atoms with van der Waals surface area (Å²) in [6, 6.07) is 9.82. The first-order valence-electron chi connectivity index (χ1n) is 9.76. The molecule has 1 aliphatic heterocycles. The quantitative estimate of drug-likeness (QED) is 0.617. The van der Waals surface area contributed by atoms with Crippen LogP contribution in [-0.2, 0) is 28.3 Å². The maximum atomic E-state index is 13.2. The fourth-order valence-electron chi connectivity index (χ4n) is 3.86. The predicted octanol–water partition coefficient (Wildman–Crippen LogP) is 3.22. The Balaban J connectivity index is 1.70. The van der Waals surface area contributed by atoms with Gasteiger partial charge in [-0.3, -0.25) is 4.79 Å². The number of para-hydroxylation sites is 1. The molecule has 0 saturated carbocycles. The number of rotatable bonds is 4. The lowest BCUT2D eigenvalue weighted by Crippen LogP contribution is -2.40. The number of aromatic nitrogens is 1. The van der Waals surface area contributed by atoms with E-state index >= 15 is 0 Å². The fraction of sp³-hybridized carbons (Fsp3) is 0.333. The Labute approximate surface area is 178 Å². The van der Waals surface area contributed by atoms with Gasteiger partial charge in [-0.15, -0.1) is 0 Å². The third-order valence-electron chi connectivity index (χ3n) is 5.40. The predicted molar refractivity (Wildman–Crippen MR) is 114 cm³/mol. The zero-order valence-corrected chi connectivity index (χ0v) is 18.3. The SMILES string of the molecule is CCc1cccc2sc(=NC(=O)C3CCCN3S(=O)(=O)c3ccc(F)cc3)n(C)c12. The maximum absolute atomic E-state index is 13.2. The average Bonchev–Trinajstić information content (AvgIpc) is 3.34. The minimum atomic E-state index is -3.90. The van der Waals surface area contributed by atoms with E-state index in [0.29, 0.717) is 17.6 Å². The van der Waals surface area contributed by atoms with Crippen LogP contribution in [0.15, 0.2) is 52.4 Å². The van der Waals surface area contributed by atoms with Crippen LogP contribution in [0.3, 0.4) is 0 Å². The molecule has 2 aromatic carbocycles. The Morgan fingerprint density at radius 2 is 1.97 bits per heavy atom. The van der Waals surface area contributed by atoms with Crippen molar-refractivity contribution >= 4 is 37.5 Å². The van der Waals surface area contributed by atoms with Crippen molar-refractivity contribution in [3.05, 3.63) is 58.6 Å². The summed E-state index contributed by atoms with van der Waals surface area (Å²) < 4.78 is 43.3. The molecule has 0 aliphatic carbocycles. The number of aryl methyl sites for hydroxylation is 2. The largest absolute Gasteiger partial charge is 0.319 e. The molecule has 1 aliphatic rings.